The van der Waals surface area contributed by atoms with Crippen LogP contribution in [0.3, 0.4) is 0 Å². The van der Waals surface area contributed by atoms with Crippen molar-refractivity contribution in [1.82, 2.24) is 4.98 Å². The van der Waals surface area contributed by atoms with Gasteiger partial charge in [-0.05, 0) is 43.2 Å². The summed E-state index contributed by atoms with van der Waals surface area (Å²) in [5.41, 5.74) is 3.94. The lowest BCUT2D eigenvalue weighted by atomic mass is 9.93. The largest absolute Gasteiger partial charge is 0.488 e. The molecule has 0 bridgehead atoms. The lowest BCUT2D eigenvalue weighted by molar-refractivity contribution is 0.0999. The molecule has 3 aromatic rings. The van der Waals surface area contributed by atoms with E-state index in [4.69, 9.17) is 9.15 Å². The average molecular weight is 337 g/mol. The number of rotatable bonds is 2. The van der Waals surface area contributed by atoms with Crippen LogP contribution >= 0.6 is 11.3 Å². The molecule has 0 spiro atoms. The fraction of sp³-hybridized carbons (Fsp3) is 0.158. The molecule has 0 saturated carbocycles. The fourth-order valence-electron chi connectivity index (χ4n) is 2.78. The van der Waals surface area contributed by atoms with Gasteiger partial charge >= 0.3 is 0 Å². The Morgan fingerprint density at radius 2 is 2.04 bits per heavy atom. The number of fused-ring (bicyclic) bond motifs is 1. The molecule has 1 aliphatic heterocycles. The SMILES string of the molecule is Cc1ccc(C)c2c1OC/C(=C/c1csc(-c3ccco3)n1)C2=O. The summed E-state index contributed by atoms with van der Waals surface area (Å²) in [6, 6.07) is 7.63. The third kappa shape index (κ3) is 2.47. The van der Waals surface area contributed by atoms with E-state index in [0.29, 0.717) is 16.9 Å². The molecule has 1 aliphatic rings. The van der Waals surface area contributed by atoms with Crippen LogP contribution in [0.4, 0.5) is 0 Å². The van der Waals surface area contributed by atoms with Crippen LogP contribution in [0.25, 0.3) is 16.8 Å². The van der Waals surface area contributed by atoms with Gasteiger partial charge in [0, 0.05) is 11.0 Å². The molecule has 24 heavy (non-hydrogen) atoms. The maximum Gasteiger partial charge on any atom is 0.196 e. The van der Waals surface area contributed by atoms with Gasteiger partial charge in [-0.2, -0.15) is 0 Å². The van der Waals surface area contributed by atoms with E-state index >= 15 is 0 Å². The van der Waals surface area contributed by atoms with E-state index in [0.717, 1.165) is 27.6 Å². The number of carbonyl (C=O) groups is 1. The van der Waals surface area contributed by atoms with Crippen LogP contribution in [-0.2, 0) is 0 Å². The van der Waals surface area contributed by atoms with Gasteiger partial charge in [-0.15, -0.1) is 11.3 Å². The van der Waals surface area contributed by atoms with Crippen molar-refractivity contribution in [1.29, 1.82) is 0 Å². The van der Waals surface area contributed by atoms with Gasteiger partial charge in [-0.1, -0.05) is 12.1 Å². The maximum atomic E-state index is 12.8. The van der Waals surface area contributed by atoms with E-state index in [1.807, 2.05) is 43.5 Å². The highest BCUT2D eigenvalue weighted by molar-refractivity contribution is 7.13. The predicted octanol–water partition coefficient (Wildman–Crippen LogP) is 4.68. The zero-order valence-corrected chi connectivity index (χ0v) is 14.1. The monoisotopic (exact) mass is 337 g/mol. The summed E-state index contributed by atoms with van der Waals surface area (Å²) in [4.78, 5) is 17.4. The van der Waals surface area contributed by atoms with Gasteiger partial charge in [0.25, 0.3) is 0 Å². The third-order valence-electron chi connectivity index (χ3n) is 4.03. The summed E-state index contributed by atoms with van der Waals surface area (Å²) in [5.74, 6) is 1.45. The van der Waals surface area contributed by atoms with Crippen molar-refractivity contribution in [2.24, 2.45) is 0 Å². The zero-order valence-electron chi connectivity index (χ0n) is 13.3. The van der Waals surface area contributed by atoms with Gasteiger partial charge in [-0.25, -0.2) is 4.98 Å². The van der Waals surface area contributed by atoms with Crippen LogP contribution in [-0.4, -0.2) is 17.4 Å². The highest BCUT2D eigenvalue weighted by Gasteiger charge is 2.26. The molecule has 0 unspecified atom stereocenters. The minimum absolute atomic E-state index is 0.0185. The summed E-state index contributed by atoms with van der Waals surface area (Å²) in [6.07, 6.45) is 3.42. The van der Waals surface area contributed by atoms with Crippen molar-refractivity contribution in [2.45, 2.75) is 13.8 Å². The molecule has 0 amide bonds. The Balaban J connectivity index is 1.69. The number of ketones is 1. The summed E-state index contributed by atoms with van der Waals surface area (Å²) in [6.45, 7) is 4.15. The molecule has 2 aromatic heterocycles. The molecule has 0 atom stereocenters. The Kier molecular flexibility index (Phi) is 3.58. The van der Waals surface area contributed by atoms with E-state index in [1.54, 1.807) is 12.3 Å². The van der Waals surface area contributed by atoms with Crippen LogP contribution in [0, 0.1) is 13.8 Å². The first-order chi connectivity index (χ1) is 11.6. The Bertz CT molecular complexity index is 951. The molecule has 1 aromatic carbocycles. The minimum Gasteiger partial charge on any atom is -0.488 e. The van der Waals surface area contributed by atoms with Crippen molar-refractivity contribution < 1.29 is 13.9 Å². The van der Waals surface area contributed by atoms with Crippen molar-refractivity contribution in [2.75, 3.05) is 6.61 Å². The van der Waals surface area contributed by atoms with Gasteiger partial charge in [-0.3, -0.25) is 4.79 Å². The maximum absolute atomic E-state index is 12.8. The van der Waals surface area contributed by atoms with E-state index in [2.05, 4.69) is 4.98 Å². The lowest BCUT2D eigenvalue weighted by Gasteiger charge is -2.22. The number of hydrogen-bond donors (Lipinski definition) is 0. The van der Waals surface area contributed by atoms with E-state index in [-0.39, 0.29) is 12.4 Å². The van der Waals surface area contributed by atoms with Crippen LogP contribution in [0.1, 0.15) is 27.2 Å². The first-order valence-electron chi connectivity index (χ1n) is 7.61. The Labute approximate surface area is 143 Å². The number of hydrogen-bond acceptors (Lipinski definition) is 5. The van der Waals surface area contributed by atoms with E-state index in [1.165, 1.54) is 11.3 Å². The van der Waals surface area contributed by atoms with Crippen LogP contribution in [0.5, 0.6) is 5.75 Å². The van der Waals surface area contributed by atoms with Crippen molar-refractivity contribution in [3.63, 3.8) is 0 Å². The van der Waals surface area contributed by atoms with Gasteiger partial charge in [0.2, 0.25) is 0 Å². The molecule has 0 aliphatic carbocycles. The highest BCUT2D eigenvalue weighted by atomic mass is 32.1. The van der Waals surface area contributed by atoms with Crippen molar-refractivity contribution in [3.8, 4) is 16.5 Å². The van der Waals surface area contributed by atoms with Crippen LogP contribution in [0.2, 0.25) is 0 Å². The summed E-state index contributed by atoms with van der Waals surface area (Å²) in [7, 11) is 0. The zero-order chi connectivity index (χ0) is 16.7. The molecular weight excluding hydrogens is 322 g/mol. The van der Waals surface area contributed by atoms with Gasteiger partial charge in [0.05, 0.1) is 17.5 Å². The van der Waals surface area contributed by atoms with Gasteiger partial charge in [0.1, 0.15) is 12.4 Å². The van der Waals surface area contributed by atoms with E-state index in [9.17, 15) is 4.79 Å². The number of ether oxygens (including phenoxy) is 1. The third-order valence-corrected chi connectivity index (χ3v) is 4.90. The second-order valence-corrected chi connectivity index (χ2v) is 6.60. The Morgan fingerprint density at radius 3 is 2.83 bits per heavy atom. The number of nitrogens with zero attached hydrogens (tertiary/aromatic N) is 1. The molecule has 4 rings (SSSR count). The Morgan fingerprint density at radius 1 is 1.21 bits per heavy atom. The highest BCUT2D eigenvalue weighted by Crippen LogP contribution is 2.34. The number of Topliss-reactive ketones (excluding diaryl/α,β-unsaturated/α-hetero) is 1. The van der Waals surface area contributed by atoms with Crippen molar-refractivity contribution in [3.05, 3.63) is 63.9 Å². The molecule has 120 valence electrons. The summed E-state index contributed by atoms with van der Waals surface area (Å²) < 4.78 is 11.2. The molecular formula is C19H15NO3S. The molecule has 4 nitrogen and oxygen atoms in total. The molecule has 0 fully saturated rings. The first-order valence-corrected chi connectivity index (χ1v) is 8.49. The standard InChI is InChI=1S/C19H15NO3S/c1-11-5-6-12(2)18-16(11)17(21)13(9-23-18)8-14-10-24-19(20-14)15-4-3-7-22-15/h3-8,10H,9H2,1-2H3/b13-8-. The van der Waals surface area contributed by atoms with Gasteiger partial charge in [0.15, 0.2) is 16.6 Å². The average Bonchev–Trinajstić information content (AvgIpc) is 3.24. The van der Waals surface area contributed by atoms with Crippen LogP contribution in [0.15, 0.2) is 45.9 Å². The number of furan rings is 1. The number of aryl methyl sites for hydroxylation is 2. The quantitative estimate of drug-likeness (QED) is 0.637. The molecule has 0 N–H and O–H groups in total. The summed E-state index contributed by atoms with van der Waals surface area (Å²) >= 11 is 1.49. The predicted molar refractivity (Wildman–Crippen MR) is 93.5 cm³/mol. The minimum atomic E-state index is 0.0185. The molecule has 0 radical (unpaired) electrons. The van der Waals surface area contributed by atoms with Gasteiger partial charge < -0.3 is 9.15 Å². The normalized spacial score (nSPS) is 15.4. The fourth-order valence-corrected chi connectivity index (χ4v) is 3.52. The molecule has 0 saturated heterocycles. The van der Waals surface area contributed by atoms with E-state index < -0.39 is 0 Å². The topological polar surface area (TPSA) is 52.3 Å². The molecule has 5 heteroatoms. The second-order valence-electron chi connectivity index (χ2n) is 5.75. The lowest BCUT2D eigenvalue weighted by Crippen LogP contribution is -2.21. The number of carbonyl (C=O) groups excluding carboxylic acids is 1. The summed E-state index contributed by atoms with van der Waals surface area (Å²) in [5, 5.41) is 2.71. The first kappa shape index (κ1) is 14.9. The van der Waals surface area contributed by atoms with Crippen LogP contribution < -0.4 is 4.74 Å². The second kappa shape index (κ2) is 5.76. The number of benzene rings is 1. The number of aromatic nitrogens is 1. The molecule has 3 heterocycles. The smallest absolute Gasteiger partial charge is 0.196 e. The van der Waals surface area contributed by atoms with Crippen molar-refractivity contribution >= 4 is 23.2 Å². The Hall–Kier alpha value is -2.66. The number of thiazole rings is 1.